The van der Waals surface area contributed by atoms with E-state index < -0.39 is 0 Å². The van der Waals surface area contributed by atoms with Crippen LogP contribution in [0.25, 0.3) is 10.6 Å². The van der Waals surface area contributed by atoms with Crippen LogP contribution in [0.15, 0.2) is 45.2 Å². The molecule has 1 fully saturated rings. The van der Waals surface area contributed by atoms with Crippen LogP contribution in [0.3, 0.4) is 0 Å². The average Bonchev–Trinajstić information content (AvgIpc) is 3.30. The molecule has 0 N–H and O–H groups in total. The number of thiophene rings is 1. The first-order chi connectivity index (χ1) is 11.3. The number of hydrogen-bond acceptors (Lipinski definition) is 5. The molecule has 4 rings (SSSR count). The monoisotopic (exact) mass is 344 g/mol. The van der Waals surface area contributed by atoms with Crippen LogP contribution >= 0.6 is 22.7 Å². The molecule has 0 saturated carbocycles. The van der Waals surface area contributed by atoms with Crippen LogP contribution in [0, 0.1) is 0 Å². The lowest BCUT2D eigenvalue weighted by atomic mass is 10.1. The first-order valence-electron chi connectivity index (χ1n) is 7.60. The number of likely N-dealkylation sites (tertiary alicyclic amines) is 1. The number of thiazole rings is 1. The van der Waals surface area contributed by atoms with Gasteiger partial charge < -0.3 is 9.32 Å². The first-order valence-corrected chi connectivity index (χ1v) is 9.42. The summed E-state index contributed by atoms with van der Waals surface area (Å²) in [7, 11) is 0. The molecule has 0 aliphatic carbocycles. The number of carbonyl (C=O) groups excluding carboxylic acids is 1. The lowest BCUT2D eigenvalue weighted by Crippen LogP contribution is -2.31. The number of rotatable bonds is 4. The van der Waals surface area contributed by atoms with Gasteiger partial charge in [-0.05, 0) is 41.3 Å². The highest BCUT2D eigenvalue weighted by Gasteiger charge is 2.30. The lowest BCUT2D eigenvalue weighted by molar-refractivity contribution is -0.131. The topological polar surface area (TPSA) is 46.3 Å². The quantitative estimate of drug-likeness (QED) is 0.706. The van der Waals surface area contributed by atoms with Crippen LogP contribution < -0.4 is 0 Å². The second-order valence-corrected chi connectivity index (χ2v) is 7.27. The zero-order valence-corrected chi connectivity index (χ0v) is 14.1. The highest BCUT2D eigenvalue weighted by molar-refractivity contribution is 7.13. The molecule has 3 aromatic rings. The number of furan rings is 1. The maximum absolute atomic E-state index is 12.7. The van der Waals surface area contributed by atoms with Gasteiger partial charge in [-0.15, -0.1) is 11.3 Å². The second-order valence-electron chi connectivity index (χ2n) is 5.63. The van der Waals surface area contributed by atoms with E-state index >= 15 is 0 Å². The first kappa shape index (κ1) is 14.7. The number of amides is 1. The molecule has 0 spiro atoms. The largest absolute Gasteiger partial charge is 0.472 e. The van der Waals surface area contributed by atoms with E-state index in [-0.39, 0.29) is 11.9 Å². The van der Waals surface area contributed by atoms with E-state index in [1.54, 1.807) is 35.2 Å². The van der Waals surface area contributed by atoms with Crippen molar-refractivity contribution in [3.05, 3.63) is 52.1 Å². The van der Waals surface area contributed by atoms with Crippen molar-refractivity contribution < 1.29 is 9.21 Å². The highest BCUT2D eigenvalue weighted by atomic mass is 32.1. The molecular formula is C17H16N2O2S2. The summed E-state index contributed by atoms with van der Waals surface area (Å²) in [6, 6.07) is 4.25. The van der Waals surface area contributed by atoms with Gasteiger partial charge in [-0.2, -0.15) is 11.3 Å². The van der Waals surface area contributed by atoms with Crippen molar-refractivity contribution in [3.8, 4) is 10.6 Å². The fraction of sp³-hybridized carbons (Fsp3) is 0.294. The van der Waals surface area contributed by atoms with Gasteiger partial charge in [0.25, 0.3) is 0 Å². The molecular weight excluding hydrogens is 328 g/mol. The van der Waals surface area contributed by atoms with Crippen molar-refractivity contribution in [3.63, 3.8) is 0 Å². The molecule has 1 amide bonds. The van der Waals surface area contributed by atoms with Gasteiger partial charge in [-0.25, -0.2) is 4.98 Å². The predicted molar refractivity (Wildman–Crippen MR) is 91.5 cm³/mol. The van der Waals surface area contributed by atoms with Crippen LogP contribution in [-0.2, 0) is 11.2 Å². The summed E-state index contributed by atoms with van der Waals surface area (Å²) >= 11 is 3.24. The Morgan fingerprint density at radius 2 is 2.35 bits per heavy atom. The van der Waals surface area contributed by atoms with E-state index in [0.29, 0.717) is 6.42 Å². The fourth-order valence-electron chi connectivity index (χ4n) is 3.04. The van der Waals surface area contributed by atoms with Gasteiger partial charge in [-0.3, -0.25) is 4.79 Å². The van der Waals surface area contributed by atoms with Gasteiger partial charge in [0.2, 0.25) is 5.91 Å². The molecule has 3 aromatic heterocycles. The van der Waals surface area contributed by atoms with E-state index in [2.05, 4.69) is 21.8 Å². The lowest BCUT2D eigenvalue weighted by Gasteiger charge is -2.24. The highest BCUT2D eigenvalue weighted by Crippen LogP contribution is 2.33. The third-order valence-electron chi connectivity index (χ3n) is 4.15. The SMILES string of the molecule is O=C(Cc1csc(-c2ccoc2)n1)N1CCCC1c1ccsc1. The van der Waals surface area contributed by atoms with Crippen LogP contribution in [-0.4, -0.2) is 22.3 Å². The summed E-state index contributed by atoms with van der Waals surface area (Å²) in [5.41, 5.74) is 3.07. The molecule has 6 heteroatoms. The summed E-state index contributed by atoms with van der Waals surface area (Å²) in [5, 5.41) is 7.09. The van der Waals surface area contributed by atoms with Crippen molar-refractivity contribution in [2.24, 2.45) is 0 Å². The summed E-state index contributed by atoms with van der Waals surface area (Å²) in [6.07, 6.45) is 5.81. The summed E-state index contributed by atoms with van der Waals surface area (Å²) in [4.78, 5) is 19.3. The Bertz CT molecular complexity index is 778. The third-order valence-corrected chi connectivity index (χ3v) is 5.79. The predicted octanol–water partition coefficient (Wildman–Crippen LogP) is 4.37. The van der Waals surface area contributed by atoms with Gasteiger partial charge in [0.15, 0.2) is 0 Å². The van der Waals surface area contributed by atoms with E-state index in [1.165, 1.54) is 5.56 Å². The van der Waals surface area contributed by atoms with Crippen LogP contribution in [0.1, 0.15) is 30.1 Å². The Morgan fingerprint density at radius 3 is 3.13 bits per heavy atom. The van der Waals surface area contributed by atoms with E-state index in [0.717, 1.165) is 35.7 Å². The summed E-state index contributed by atoms with van der Waals surface area (Å²) in [5.74, 6) is 0.169. The molecule has 4 nitrogen and oxygen atoms in total. The minimum atomic E-state index is 0.169. The number of carbonyl (C=O) groups is 1. The van der Waals surface area contributed by atoms with E-state index in [4.69, 9.17) is 4.42 Å². The average molecular weight is 344 g/mol. The normalized spacial score (nSPS) is 17.7. The number of aromatic nitrogens is 1. The maximum atomic E-state index is 12.7. The molecule has 1 aliphatic rings. The van der Waals surface area contributed by atoms with Crippen LogP contribution in [0.5, 0.6) is 0 Å². The van der Waals surface area contributed by atoms with Gasteiger partial charge in [0.1, 0.15) is 11.3 Å². The number of nitrogens with zero attached hydrogens (tertiary/aromatic N) is 2. The van der Waals surface area contributed by atoms with Crippen LogP contribution in [0.2, 0.25) is 0 Å². The zero-order valence-electron chi connectivity index (χ0n) is 12.5. The molecule has 0 bridgehead atoms. The van der Waals surface area contributed by atoms with Crippen LogP contribution in [0.4, 0.5) is 0 Å². The van der Waals surface area contributed by atoms with Gasteiger partial charge in [0, 0.05) is 17.5 Å². The maximum Gasteiger partial charge on any atom is 0.229 e. The smallest absolute Gasteiger partial charge is 0.229 e. The van der Waals surface area contributed by atoms with Crippen molar-refractivity contribution in [1.82, 2.24) is 9.88 Å². The number of hydrogen-bond donors (Lipinski definition) is 0. The van der Waals surface area contributed by atoms with E-state index in [1.807, 2.05) is 16.3 Å². The molecule has 1 unspecified atom stereocenters. The van der Waals surface area contributed by atoms with Crippen molar-refractivity contribution in [2.45, 2.75) is 25.3 Å². The van der Waals surface area contributed by atoms with Crippen molar-refractivity contribution >= 4 is 28.6 Å². The molecule has 1 aliphatic heterocycles. The third kappa shape index (κ3) is 2.96. The molecule has 118 valence electrons. The zero-order chi connectivity index (χ0) is 15.6. The Hall–Kier alpha value is -1.92. The Balaban J connectivity index is 1.47. The molecule has 1 atom stereocenters. The Kier molecular flexibility index (Phi) is 4.01. The van der Waals surface area contributed by atoms with E-state index in [9.17, 15) is 4.79 Å². The van der Waals surface area contributed by atoms with Gasteiger partial charge in [0.05, 0.1) is 24.4 Å². The molecule has 1 saturated heterocycles. The summed E-state index contributed by atoms with van der Waals surface area (Å²) in [6.45, 7) is 0.845. The Morgan fingerprint density at radius 1 is 1.39 bits per heavy atom. The Labute approximate surface area is 142 Å². The second kappa shape index (κ2) is 6.29. The summed E-state index contributed by atoms with van der Waals surface area (Å²) < 4.78 is 5.09. The fourth-order valence-corrected chi connectivity index (χ4v) is 4.55. The van der Waals surface area contributed by atoms with Crippen molar-refractivity contribution in [1.29, 1.82) is 0 Å². The molecule has 0 radical (unpaired) electrons. The van der Waals surface area contributed by atoms with Gasteiger partial charge >= 0.3 is 0 Å². The molecule has 23 heavy (non-hydrogen) atoms. The minimum Gasteiger partial charge on any atom is -0.472 e. The van der Waals surface area contributed by atoms with Crippen molar-refractivity contribution in [2.75, 3.05) is 6.54 Å². The molecule has 4 heterocycles. The standard InChI is InChI=1S/C17H16N2O2S2/c20-16(19-5-1-2-15(19)13-4-7-22-10-13)8-14-11-23-17(18-14)12-3-6-21-9-12/h3-4,6-7,9-11,15H,1-2,5,8H2. The minimum absolute atomic E-state index is 0.169. The molecule has 0 aromatic carbocycles. The van der Waals surface area contributed by atoms with Gasteiger partial charge in [-0.1, -0.05) is 0 Å².